The zero-order chi connectivity index (χ0) is 14.0. The molecule has 2 N–H and O–H groups in total. The van der Waals surface area contributed by atoms with E-state index in [4.69, 9.17) is 5.11 Å². The van der Waals surface area contributed by atoms with E-state index in [0.29, 0.717) is 0 Å². The first-order valence-electron chi connectivity index (χ1n) is 5.60. The number of hydrogen-bond acceptors (Lipinski definition) is 4. The van der Waals surface area contributed by atoms with Gasteiger partial charge >= 0.3 is 5.97 Å². The second kappa shape index (κ2) is 5.16. The third kappa shape index (κ3) is 2.66. The van der Waals surface area contributed by atoms with Gasteiger partial charge in [-0.15, -0.1) is 0 Å². The molecular formula is C11H16N2O5. The molecule has 18 heavy (non-hydrogen) atoms. The van der Waals surface area contributed by atoms with Crippen molar-refractivity contribution in [2.24, 2.45) is 11.8 Å². The van der Waals surface area contributed by atoms with Crippen molar-refractivity contribution >= 4 is 23.7 Å². The summed E-state index contributed by atoms with van der Waals surface area (Å²) in [6.45, 7) is 4.09. The number of nitrogens with zero attached hydrogens (tertiary/aromatic N) is 1. The van der Waals surface area contributed by atoms with Gasteiger partial charge in [0, 0.05) is 18.8 Å². The quantitative estimate of drug-likeness (QED) is 0.642. The largest absolute Gasteiger partial charge is 0.480 e. The van der Waals surface area contributed by atoms with Gasteiger partial charge in [0.05, 0.1) is 6.54 Å². The number of carbonyl (C=O) groups excluding carboxylic acids is 3. The summed E-state index contributed by atoms with van der Waals surface area (Å²) in [5.74, 6) is -3.51. The fourth-order valence-corrected chi connectivity index (χ4v) is 1.82. The van der Waals surface area contributed by atoms with Gasteiger partial charge < -0.3 is 10.4 Å². The number of carboxylic acids is 1. The Hall–Kier alpha value is -1.92. The molecule has 1 fully saturated rings. The molecule has 100 valence electrons. The lowest BCUT2D eigenvalue weighted by Gasteiger charge is -2.20. The number of carbonyl (C=O) groups is 4. The second-order valence-corrected chi connectivity index (χ2v) is 4.46. The molecule has 1 aliphatic heterocycles. The summed E-state index contributed by atoms with van der Waals surface area (Å²) in [4.78, 5) is 46.2. The minimum absolute atomic E-state index is 0.332. The average molecular weight is 256 g/mol. The van der Waals surface area contributed by atoms with E-state index in [1.165, 1.54) is 6.92 Å². The van der Waals surface area contributed by atoms with E-state index in [1.807, 2.05) is 0 Å². The molecule has 0 saturated carbocycles. The highest BCUT2D eigenvalue weighted by atomic mass is 16.4. The number of likely N-dealkylation sites (tertiary alicyclic amines) is 1. The monoisotopic (exact) mass is 256 g/mol. The van der Waals surface area contributed by atoms with Gasteiger partial charge in [0.15, 0.2) is 0 Å². The highest BCUT2D eigenvalue weighted by molar-refractivity contribution is 6.05. The Balaban J connectivity index is 2.82. The van der Waals surface area contributed by atoms with Crippen LogP contribution in [-0.4, -0.2) is 46.3 Å². The van der Waals surface area contributed by atoms with Crippen LogP contribution < -0.4 is 5.32 Å². The molecule has 0 aromatic heterocycles. The number of amides is 3. The molecule has 1 rings (SSSR count). The Bertz CT molecular complexity index is 386. The first kappa shape index (κ1) is 14.1. The van der Waals surface area contributed by atoms with E-state index < -0.39 is 41.6 Å². The molecule has 3 amide bonds. The highest BCUT2D eigenvalue weighted by Gasteiger charge is 2.43. The van der Waals surface area contributed by atoms with E-state index in [-0.39, 0.29) is 6.54 Å². The first-order chi connectivity index (χ1) is 8.25. The van der Waals surface area contributed by atoms with Gasteiger partial charge in [-0.3, -0.25) is 19.3 Å². The number of carboxylic acid groups (broad SMARTS) is 1. The Kier molecular flexibility index (Phi) is 4.05. The number of rotatable bonds is 4. The Morgan fingerprint density at radius 1 is 1.28 bits per heavy atom. The minimum atomic E-state index is -1.28. The van der Waals surface area contributed by atoms with E-state index >= 15 is 0 Å². The van der Waals surface area contributed by atoms with Gasteiger partial charge in [-0.25, -0.2) is 4.79 Å². The molecule has 0 spiro atoms. The van der Waals surface area contributed by atoms with E-state index in [9.17, 15) is 19.2 Å². The molecular weight excluding hydrogens is 240 g/mol. The molecule has 7 nitrogen and oxygen atoms in total. The molecule has 3 atom stereocenters. The fourth-order valence-electron chi connectivity index (χ4n) is 1.82. The summed E-state index contributed by atoms with van der Waals surface area (Å²) in [6.07, 6.45) is 0. The van der Waals surface area contributed by atoms with Crippen LogP contribution in [0, 0.1) is 11.8 Å². The lowest BCUT2D eigenvalue weighted by molar-refractivity contribution is -0.145. The van der Waals surface area contributed by atoms with Gasteiger partial charge in [0.25, 0.3) is 0 Å². The molecule has 0 bridgehead atoms. The molecule has 1 saturated heterocycles. The molecule has 0 aromatic rings. The van der Waals surface area contributed by atoms with Crippen molar-refractivity contribution in [3.63, 3.8) is 0 Å². The molecule has 0 aromatic carbocycles. The van der Waals surface area contributed by atoms with Crippen LogP contribution in [0.25, 0.3) is 0 Å². The van der Waals surface area contributed by atoms with Crippen LogP contribution in [0.2, 0.25) is 0 Å². The van der Waals surface area contributed by atoms with Crippen LogP contribution >= 0.6 is 0 Å². The van der Waals surface area contributed by atoms with Gasteiger partial charge in [-0.2, -0.15) is 0 Å². The third-order valence-corrected chi connectivity index (χ3v) is 3.10. The van der Waals surface area contributed by atoms with Crippen LogP contribution in [0.15, 0.2) is 0 Å². The van der Waals surface area contributed by atoms with Crippen molar-refractivity contribution in [2.75, 3.05) is 6.54 Å². The maximum atomic E-state index is 11.8. The average Bonchev–Trinajstić information content (AvgIpc) is 2.45. The topological polar surface area (TPSA) is 104 Å². The molecule has 0 radical (unpaired) electrons. The fraction of sp³-hybridized carbons (Fsp3) is 0.636. The SMILES string of the molecule is CC(=O)NC(CN1C(=O)C(C)C(C)C1=O)C(=O)O. The van der Waals surface area contributed by atoms with Crippen LogP contribution in [0.1, 0.15) is 20.8 Å². The maximum absolute atomic E-state index is 11.8. The number of nitrogens with one attached hydrogen (secondary N) is 1. The standard InChI is InChI=1S/C11H16N2O5/c1-5-6(2)10(16)13(9(5)15)4-8(11(17)18)12-7(3)14/h5-6,8H,4H2,1-3H3,(H,12,14)(H,17,18). The van der Waals surface area contributed by atoms with Crippen LogP contribution in [0.4, 0.5) is 0 Å². The van der Waals surface area contributed by atoms with Crippen molar-refractivity contribution in [3.05, 3.63) is 0 Å². The summed E-state index contributed by atoms with van der Waals surface area (Å²) in [6, 6.07) is -1.27. The lowest BCUT2D eigenvalue weighted by Crippen LogP contribution is -2.49. The highest BCUT2D eigenvalue weighted by Crippen LogP contribution is 2.25. The first-order valence-corrected chi connectivity index (χ1v) is 5.60. The molecule has 0 aliphatic carbocycles. The van der Waals surface area contributed by atoms with Crippen molar-refractivity contribution in [3.8, 4) is 0 Å². The van der Waals surface area contributed by atoms with Gasteiger partial charge in [0.2, 0.25) is 17.7 Å². The Labute approximate surface area is 104 Å². The summed E-state index contributed by atoms with van der Waals surface area (Å²) >= 11 is 0. The van der Waals surface area contributed by atoms with Crippen molar-refractivity contribution in [1.29, 1.82) is 0 Å². The number of aliphatic carboxylic acids is 1. The summed E-state index contributed by atoms with van der Waals surface area (Å²) in [5, 5.41) is 11.1. The molecule has 7 heteroatoms. The second-order valence-electron chi connectivity index (χ2n) is 4.46. The summed E-state index contributed by atoms with van der Waals surface area (Å²) < 4.78 is 0. The molecule has 3 unspecified atom stereocenters. The van der Waals surface area contributed by atoms with Crippen LogP contribution in [0.5, 0.6) is 0 Å². The van der Waals surface area contributed by atoms with E-state index in [0.717, 1.165) is 4.90 Å². The zero-order valence-electron chi connectivity index (χ0n) is 10.5. The minimum Gasteiger partial charge on any atom is -0.480 e. The Morgan fingerprint density at radius 3 is 2.06 bits per heavy atom. The van der Waals surface area contributed by atoms with Crippen molar-refractivity contribution < 1.29 is 24.3 Å². The van der Waals surface area contributed by atoms with E-state index in [2.05, 4.69) is 5.32 Å². The summed E-state index contributed by atoms with van der Waals surface area (Å²) in [7, 11) is 0. The van der Waals surface area contributed by atoms with Crippen LogP contribution in [-0.2, 0) is 19.2 Å². The van der Waals surface area contributed by atoms with Crippen molar-refractivity contribution in [1.82, 2.24) is 10.2 Å². The van der Waals surface area contributed by atoms with Crippen LogP contribution in [0.3, 0.4) is 0 Å². The molecule has 1 heterocycles. The van der Waals surface area contributed by atoms with Gasteiger partial charge in [0.1, 0.15) is 6.04 Å². The van der Waals surface area contributed by atoms with Gasteiger partial charge in [-0.05, 0) is 0 Å². The lowest BCUT2D eigenvalue weighted by atomic mass is 10.00. The smallest absolute Gasteiger partial charge is 0.328 e. The number of hydrogen-bond donors (Lipinski definition) is 2. The normalized spacial score (nSPS) is 25.2. The zero-order valence-corrected chi connectivity index (χ0v) is 10.5. The Morgan fingerprint density at radius 2 is 1.72 bits per heavy atom. The maximum Gasteiger partial charge on any atom is 0.328 e. The predicted octanol–water partition coefficient (Wildman–Crippen LogP) is -0.783. The van der Waals surface area contributed by atoms with Crippen molar-refractivity contribution in [2.45, 2.75) is 26.8 Å². The third-order valence-electron chi connectivity index (χ3n) is 3.10. The molecule has 1 aliphatic rings. The van der Waals surface area contributed by atoms with Gasteiger partial charge in [-0.1, -0.05) is 13.8 Å². The predicted molar refractivity (Wildman–Crippen MR) is 60.3 cm³/mol. The van der Waals surface area contributed by atoms with E-state index in [1.54, 1.807) is 13.8 Å². The summed E-state index contributed by atoms with van der Waals surface area (Å²) in [5.41, 5.74) is 0. The number of imide groups is 1.